The second-order valence-electron chi connectivity index (χ2n) is 11.5. The van der Waals surface area contributed by atoms with Gasteiger partial charge < -0.3 is 0 Å². The summed E-state index contributed by atoms with van der Waals surface area (Å²) in [6, 6.07) is 44.0. The minimum atomic E-state index is -0.266. The first-order chi connectivity index (χ1) is 26.8. The summed E-state index contributed by atoms with van der Waals surface area (Å²) in [5, 5.41) is 0.542. The van der Waals surface area contributed by atoms with E-state index in [4.69, 9.17) is 17.7 Å². The molecule has 2 heterocycles. The van der Waals surface area contributed by atoms with Crippen LogP contribution in [-0.2, 0) is 0 Å². The van der Waals surface area contributed by atoms with Crippen molar-refractivity contribution in [3.63, 3.8) is 0 Å². The first kappa shape index (κ1) is 23.2. The summed E-state index contributed by atoms with van der Waals surface area (Å²) in [7, 11) is 0. The quantitative estimate of drug-likeness (QED) is 0.180. The van der Waals surface area contributed by atoms with Gasteiger partial charge in [-0.25, -0.2) is 15.0 Å². The normalized spacial score (nSPS) is 13.0. The van der Waals surface area contributed by atoms with Gasteiger partial charge in [-0.2, -0.15) is 0 Å². The average molecular weight is 650 g/mol. The van der Waals surface area contributed by atoms with Gasteiger partial charge in [-0.05, 0) is 63.6 Å². The smallest absolute Gasteiger partial charge is 0.164 e. The maximum atomic E-state index is 9.55. The number of nitrogens with zero attached hydrogens (tertiary/aromatic N) is 3. The first-order valence-electron chi connectivity index (χ1n) is 18.9. The molecule has 0 saturated carbocycles. The summed E-state index contributed by atoms with van der Waals surface area (Å²) >= 11 is 1.09. The molecule has 0 aliphatic carbocycles. The molecule has 0 unspecified atom stereocenters. The molecule has 4 heteroatoms. The van der Waals surface area contributed by atoms with Crippen LogP contribution >= 0.6 is 11.3 Å². The van der Waals surface area contributed by atoms with E-state index in [2.05, 4.69) is 18.2 Å². The van der Waals surface area contributed by atoms with Gasteiger partial charge in [0.25, 0.3) is 0 Å². The van der Waals surface area contributed by atoms with Crippen molar-refractivity contribution < 1.29 is 8.22 Å². The summed E-state index contributed by atoms with van der Waals surface area (Å²) in [4.78, 5) is 14.8. The average Bonchev–Trinajstić information content (AvgIpc) is 3.65. The molecule has 0 bridgehead atoms. The van der Waals surface area contributed by atoms with Crippen molar-refractivity contribution in [1.82, 2.24) is 15.0 Å². The summed E-state index contributed by atoms with van der Waals surface area (Å²) in [5.74, 6) is 0.764. The molecule has 0 spiro atoms. The summed E-state index contributed by atoms with van der Waals surface area (Å²) < 4.78 is 55.9. The van der Waals surface area contributed by atoms with Gasteiger partial charge in [-0.3, -0.25) is 0 Å². The van der Waals surface area contributed by atoms with Crippen LogP contribution < -0.4 is 0 Å². The van der Waals surface area contributed by atoms with Crippen molar-refractivity contribution in [3.8, 4) is 67.5 Å². The van der Waals surface area contributed by atoms with Crippen LogP contribution in [0.15, 0.2) is 176 Å². The topological polar surface area (TPSA) is 38.7 Å². The van der Waals surface area contributed by atoms with Gasteiger partial charge in [0.15, 0.2) is 17.5 Å². The molecule has 7 aromatic carbocycles. The zero-order chi connectivity index (χ0) is 37.8. The van der Waals surface area contributed by atoms with Crippen LogP contribution in [0.1, 0.15) is 8.22 Å². The lowest BCUT2D eigenvalue weighted by atomic mass is 9.94. The molecule has 9 aromatic rings. The molecule has 49 heavy (non-hydrogen) atoms. The second-order valence-corrected chi connectivity index (χ2v) is 12.6. The Hall–Kier alpha value is -6.23. The summed E-state index contributed by atoms with van der Waals surface area (Å²) in [6.45, 7) is 0. The van der Waals surface area contributed by atoms with Gasteiger partial charge in [0.2, 0.25) is 0 Å². The molecule has 0 aliphatic heterocycles. The van der Waals surface area contributed by atoms with Crippen molar-refractivity contribution in [2.24, 2.45) is 0 Å². The van der Waals surface area contributed by atoms with E-state index >= 15 is 0 Å². The second kappa shape index (κ2) is 12.4. The minimum absolute atomic E-state index is 0.00491. The monoisotopic (exact) mass is 649 g/mol. The van der Waals surface area contributed by atoms with Gasteiger partial charge in [-0.15, -0.1) is 11.3 Å². The van der Waals surface area contributed by atoms with Gasteiger partial charge in [0.05, 0.1) is 8.22 Å². The third-order valence-electron chi connectivity index (χ3n) is 8.42. The number of thiophene rings is 1. The number of rotatable bonds is 6. The van der Waals surface area contributed by atoms with Gasteiger partial charge in [-0.1, -0.05) is 146 Å². The minimum Gasteiger partial charge on any atom is -0.208 e. The molecule has 0 fully saturated rings. The number of fused-ring (bicyclic) bond motifs is 3. The first-order valence-corrected chi connectivity index (χ1v) is 16.7. The Kier molecular flexibility index (Phi) is 5.87. The van der Waals surface area contributed by atoms with Crippen molar-refractivity contribution in [2.75, 3.05) is 0 Å². The van der Waals surface area contributed by atoms with Crippen LogP contribution in [-0.4, -0.2) is 15.0 Å². The highest BCUT2D eigenvalue weighted by molar-refractivity contribution is 7.25. The van der Waals surface area contributed by atoms with E-state index in [9.17, 15) is 5.48 Å². The van der Waals surface area contributed by atoms with E-state index in [0.29, 0.717) is 32.0 Å². The van der Waals surface area contributed by atoms with E-state index in [1.165, 1.54) is 0 Å². The number of hydrogen-bond acceptors (Lipinski definition) is 4. The Morgan fingerprint density at radius 1 is 0.367 bits per heavy atom. The van der Waals surface area contributed by atoms with E-state index in [1.54, 1.807) is 12.1 Å². The lowest BCUT2D eigenvalue weighted by molar-refractivity contribution is 1.07. The molecule has 0 N–H and O–H groups in total. The molecule has 0 atom stereocenters. The molecule has 230 valence electrons. The molecule has 0 saturated heterocycles. The fourth-order valence-electron chi connectivity index (χ4n) is 5.98. The molecule has 2 aromatic heterocycles. The Morgan fingerprint density at radius 3 is 1.59 bits per heavy atom. The molecule has 3 nitrogen and oxygen atoms in total. The summed E-state index contributed by atoms with van der Waals surface area (Å²) in [6.07, 6.45) is 0. The van der Waals surface area contributed by atoms with Crippen molar-refractivity contribution in [3.05, 3.63) is 176 Å². The molecule has 0 radical (unpaired) electrons. The highest BCUT2D eigenvalue weighted by atomic mass is 32.1. The van der Waals surface area contributed by atoms with E-state index in [0.717, 1.165) is 44.7 Å². The molecular weight excluding hydrogens is 615 g/mol. The molecule has 9 rings (SSSR count). The predicted octanol–water partition coefficient (Wildman–Crippen LogP) is 12.2. The zero-order valence-corrected chi connectivity index (χ0v) is 26.8. The van der Waals surface area contributed by atoms with Crippen LogP contribution in [0.25, 0.3) is 87.7 Å². The number of benzene rings is 7. The van der Waals surface area contributed by atoms with Crippen LogP contribution in [0.5, 0.6) is 0 Å². The van der Waals surface area contributed by atoms with Crippen LogP contribution in [0.2, 0.25) is 0 Å². The fourth-order valence-corrected chi connectivity index (χ4v) is 6.95. The van der Waals surface area contributed by atoms with E-state index < -0.39 is 0 Å². The van der Waals surface area contributed by atoms with Crippen LogP contribution in [0.4, 0.5) is 0 Å². The fraction of sp³-hybridized carbons (Fsp3) is 0. The Balaban J connectivity index is 1.31. The van der Waals surface area contributed by atoms with Crippen molar-refractivity contribution >= 4 is 31.5 Å². The third kappa shape index (κ3) is 5.58. The molecule has 0 aliphatic rings. The number of hydrogen-bond donors (Lipinski definition) is 0. The third-order valence-corrected chi connectivity index (χ3v) is 9.44. The molecular formula is C45H29N3S. The van der Waals surface area contributed by atoms with Crippen molar-refractivity contribution in [2.45, 2.75) is 0 Å². The maximum Gasteiger partial charge on any atom is 0.164 e. The summed E-state index contributed by atoms with van der Waals surface area (Å²) in [5.41, 5.74) is 6.33. The van der Waals surface area contributed by atoms with Gasteiger partial charge in [0, 0.05) is 36.9 Å². The Labute approximate surface area is 297 Å². The Morgan fingerprint density at radius 2 is 0.918 bits per heavy atom. The molecule has 0 amide bonds. The lowest BCUT2D eigenvalue weighted by Gasteiger charge is -2.14. The largest absolute Gasteiger partial charge is 0.208 e. The SMILES string of the molecule is [2H]c1c(-c2ccccc2)c([2H])c2c(sc3c([2H])c(-c4nc(-c5ccccc5)nc(-c5ccc(-c6ccccc6)cc5-c5ccccc5)n4)c([2H])c([2H])c32)c1[2H]. The van der Waals surface area contributed by atoms with E-state index in [-0.39, 0.29) is 58.6 Å². The maximum absolute atomic E-state index is 9.55. The number of aromatic nitrogens is 3. The standard InChI is InChI=1S/C45H29N3S/c1-5-13-30(14-6-1)34-21-25-38(39(27-34)32-17-9-3-10-18-32)45-47-43(33-19-11-4-12-20-33)46-44(48-45)36-22-24-37-40-28-35(31-15-7-2-8-16-31)23-26-41(40)49-42(37)29-36/h1-29H/i22D,23D,24D,26D,28D,29D. The predicted molar refractivity (Wildman–Crippen MR) is 205 cm³/mol. The van der Waals surface area contributed by atoms with E-state index in [1.807, 2.05) is 109 Å². The Bertz CT molecular complexity index is 2920. The zero-order valence-electron chi connectivity index (χ0n) is 32.0. The van der Waals surface area contributed by atoms with Gasteiger partial charge in [0.1, 0.15) is 0 Å². The van der Waals surface area contributed by atoms with Crippen LogP contribution in [0, 0.1) is 0 Å². The lowest BCUT2D eigenvalue weighted by Crippen LogP contribution is -2.01. The highest BCUT2D eigenvalue weighted by Crippen LogP contribution is 2.39. The highest BCUT2D eigenvalue weighted by Gasteiger charge is 2.18. The van der Waals surface area contributed by atoms with Gasteiger partial charge >= 0.3 is 0 Å². The van der Waals surface area contributed by atoms with Crippen molar-refractivity contribution in [1.29, 1.82) is 0 Å². The van der Waals surface area contributed by atoms with Crippen LogP contribution in [0.3, 0.4) is 0 Å².